The predicted octanol–water partition coefficient (Wildman–Crippen LogP) is 3.40. The lowest BCUT2D eigenvalue weighted by molar-refractivity contribution is -0.136. The standard InChI is InChI=1S/C18H23N3O/c1-3-13(4-2)18(22)21-11-10-16-15(12-21)17(20-19-16)14-8-6-5-7-9-14/h5-9,13H,3-4,10-12H2,1-2H3,(H,19,20). The van der Waals surface area contributed by atoms with Crippen LogP contribution < -0.4 is 0 Å². The number of aromatic nitrogens is 2. The van der Waals surface area contributed by atoms with Crippen molar-refractivity contribution in [2.75, 3.05) is 6.54 Å². The first-order valence-electron chi connectivity index (χ1n) is 8.14. The Morgan fingerprint density at radius 2 is 2.00 bits per heavy atom. The zero-order valence-electron chi connectivity index (χ0n) is 13.3. The molecule has 22 heavy (non-hydrogen) atoms. The van der Waals surface area contributed by atoms with Crippen molar-refractivity contribution in [2.45, 2.75) is 39.7 Å². The Morgan fingerprint density at radius 3 is 2.68 bits per heavy atom. The molecule has 0 unspecified atom stereocenters. The van der Waals surface area contributed by atoms with Crippen LogP contribution in [-0.4, -0.2) is 27.5 Å². The summed E-state index contributed by atoms with van der Waals surface area (Å²) in [6, 6.07) is 10.2. The zero-order valence-corrected chi connectivity index (χ0v) is 13.3. The van der Waals surface area contributed by atoms with Gasteiger partial charge in [-0.25, -0.2) is 0 Å². The maximum absolute atomic E-state index is 12.6. The molecule has 1 N–H and O–H groups in total. The molecule has 2 heterocycles. The second-order valence-corrected chi connectivity index (χ2v) is 5.92. The summed E-state index contributed by atoms with van der Waals surface area (Å²) >= 11 is 0. The molecule has 1 amide bonds. The van der Waals surface area contributed by atoms with Crippen LogP contribution in [-0.2, 0) is 17.8 Å². The summed E-state index contributed by atoms with van der Waals surface area (Å²) < 4.78 is 0. The molecule has 116 valence electrons. The number of aromatic amines is 1. The van der Waals surface area contributed by atoms with E-state index < -0.39 is 0 Å². The lowest BCUT2D eigenvalue weighted by Crippen LogP contribution is -2.39. The first-order valence-corrected chi connectivity index (χ1v) is 8.14. The minimum absolute atomic E-state index is 0.147. The molecule has 0 bridgehead atoms. The average molecular weight is 297 g/mol. The Morgan fingerprint density at radius 1 is 1.27 bits per heavy atom. The summed E-state index contributed by atoms with van der Waals surface area (Å²) in [6.45, 7) is 5.65. The molecule has 0 atom stereocenters. The van der Waals surface area contributed by atoms with Crippen molar-refractivity contribution in [2.24, 2.45) is 5.92 Å². The molecule has 0 aliphatic carbocycles. The Hall–Kier alpha value is -2.10. The topological polar surface area (TPSA) is 49.0 Å². The van der Waals surface area contributed by atoms with Crippen molar-refractivity contribution >= 4 is 5.91 Å². The number of carbonyl (C=O) groups is 1. The van der Waals surface area contributed by atoms with Crippen molar-refractivity contribution in [1.82, 2.24) is 15.1 Å². The van der Waals surface area contributed by atoms with Crippen LogP contribution in [0.15, 0.2) is 30.3 Å². The molecule has 0 spiro atoms. The van der Waals surface area contributed by atoms with Crippen LogP contribution in [0, 0.1) is 5.92 Å². The van der Waals surface area contributed by atoms with E-state index in [1.54, 1.807) is 0 Å². The number of fused-ring (bicyclic) bond motifs is 1. The molecule has 1 aliphatic heterocycles. The van der Waals surface area contributed by atoms with Gasteiger partial charge in [-0.1, -0.05) is 44.2 Å². The number of hydrogen-bond donors (Lipinski definition) is 1. The Bertz CT molecular complexity index is 644. The van der Waals surface area contributed by atoms with Crippen LogP contribution in [0.3, 0.4) is 0 Å². The lowest BCUT2D eigenvalue weighted by atomic mass is 9.97. The van der Waals surface area contributed by atoms with Gasteiger partial charge in [0.05, 0.1) is 5.69 Å². The van der Waals surface area contributed by atoms with E-state index in [0.717, 1.165) is 37.1 Å². The van der Waals surface area contributed by atoms with Gasteiger partial charge in [0.1, 0.15) is 0 Å². The molecule has 1 aliphatic rings. The minimum Gasteiger partial charge on any atom is -0.338 e. The van der Waals surface area contributed by atoms with Gasteiger partial charge in [0.15, 0.2) is 0 Å². The van der Waals surface area contributed by atoms with Crippen LogP contribution in [0.1, 0.15) is 37.9 Å². The molecule has 1 aromatic heterocycles. The highest BCUT2D eigenvalue weighted by molar-refractivity contribution is 5.79. The molecule has 0 saturated carbocycles. The van der Waals surface area contributed by atoms with E-state index in [1.165, 1.54) is 11.3 Å². The predicted molar refractivity (Wildman–Crippen MR) is 87.2 cm³/mol. The second-order valence-electron chi connectivity index (χ2n) is 5.92. The largest absolute Gasteiger partial charge is 0.338 e. The number of nitrogens with zero attached hydrogens (tertiary/aromatic N) is 2. The monoisotopic (exact) mass is 297 g/mol. The SMILES string of the molecule is CCC(CC)C(=O)N1CCc2[nH]nc(-c3ccccc3)c2C1. The van der Waals surface area contributed by atoms with Gasteiger partial charge in [0, 0.05) is 42.2 Å². The number of rotatable bonds is 4. The third-order valence-electron chi connectivity index (χ3n) is 4.63. The summed E-state index contributed by atoms with van der Waals surface area (Å²) in [5.74, 6) is 0.435. The third-order valence-corrected chi connectivity index (χ3v) is 4.63. The third kappa shape index (κ3) is 2.65. The van der Waals surface area contributed by atoms with E-state index in [9.17, 15) is 4.79 Å². The van der Waals surface area contributed by atoms with Crippen LogP contribution in [0.4, 0.5) is 0 Å². The molecule has 0 saturated heterocycles. The van der Waals surface area contributed by atoms with Crippen molar-refractivity contribution in [3.8, 4) is 11.3 Å². The quantitative estimate of drug-likeness (QED) is 0.940. The Balaban J connectivity index is 1.86. The van der Waals surface area contributed by atoms with Gasteiger partial charge in [0.2, 0.25) is 5.91 Å². The van der Waals surface area contributed by atoms with Crippen LogP contribution in [0.2, 0.25) is 0 Å². The number of benzene rings is 1. The van der Waals surface area contributed by atoms with E-state index in [-0.39, 0.29) is 11.8 Å². The van der Waals surface area contributed by atoms with Gasteiger partial charge in [-0.3, -0.25) is 9.89 Å². The van der Waals surface area contributed by atoms with E-state index >= 15 is 0 Å². The molecule has 1 aromatic carbocycles. The van der Waals surface area contributed by atoms with E-state index in [1.807, 2.05) is 23.1 Å². The number of amides is 1. The molecular weight excluding hydrogens is 274 g/mol. The van der Waals surface area contributed by atoms with Gasteiger partial charge in [-0.05, 0) is 12.8 Å². The summed E-state index contributed by atoms with van der Waals surface area (Å²) in [7, 11) is 0. The van der Waals surface area contributed by atoms with Gasteiger partial charge in [0.25, 0.3) is 0 Å². The van der Waals surface area contributed by atoms with Gasteiger partial charge < -0.3 is 4.90 Å². The molecule has 0 radical (unpaired) electrons. The highest BCUT2D eigenvalue weighted by Crippen LogP contribution is 2.29. The fourth-order valence-electron chi connectivity index (χ4n) is 3.21. The summed E-state index contributed by atoms with van der Waals surface area (Å²) in [4.78, 5) is 14.6. The summed E-state index contributed by atoms with van der Waals surface area (Å²) in [6.07, 6.45) is 2.69. The highest BCUT2D eigenvalue weighted by atomic mass is 16.2. The molecule has 4 heteroatoms. The van der Waals surface area contributed by atoms with Crippen LogP contribution in [0.5, 0.6) is 0 Å². The van der Waals surface area contributed by atoms with Crippen molar-refractivity contribution < 1.29 is 4.79 Å². The Kier molecular flexibility index (Phi) is 4.27. The maximum Gasteiger partial charge on any atom is 0.225 e. The minimum atomic E-state index is 0.147. The van der Waals surface area contributed by atoms with Gasteiger partial charge in [-0.2, -0.15) is 5.10 Å². The fraction of sp³-hybridized carbons (Fsp3) is 0.444. The molecule has 2 aromatic rings. The van der Waals surface area contributed by atoms with E-state index in [2.05, 4.69) is 36.2 Å². The van der Waals surface area contributed by atoms with Crippen molar-refractivity contribution in [1.29, 1.82) is 0 Å². The van der Waals surface area contributed by atoms with E-state index in [0.29, 0.717) is 6.54 Å². The zero-order chi connectivity index (χ0) is 15.5. The average Bonchev–Trinajstić information content (AvgIpc) is 2.99. The van der Waals surface area contributed by atoms with Crippen LogP contribution in [0.25, 0.3) is 11.3 Å². The molecule has 3 rings (SSSR count). The summed E-state index contributed by atoms with van der Waals surface area (Å²) in [5, 5.41) is 7.64. The first-order chi connectivity index (χ1) is 10.7. The van der Waals surface area contributed by atoms with Crippen molar-refractivity contribution in [3.05, 3.63) is 41.6 Å². The number of hydrogen-bond acceptors (Lipinski definition) is 2. The number of nitrogens with one attached hydrogen (secondary N) is 1. The Labute approximate surface area is 131 Å². The first kappa shape index (κ1) is 14.8. The smallest absolute Gasteiger partial charge is 0.225 e. The molecule has 4 nitrogen and oxygen atoms in total. The fourth-order valence-corrected chi connectivity index (χ4v) is 3.21. The number of H-pyrrole nitrogens is 1. The highest BCUT2D eigenvalue weighted by Gasteiger charge is 2.28. The van der Waals surface area contributed by atoms with Crippen molar-refractivity contribution in [3.63, 3.8) is 0 Å². The normalized spacial score (nSPS) is 14.2. The van der Waals surface area contributed by atoms with Crippen LogP contribution >= 0.6 is 0 Å². The van der Waals surface area contributed by atoms with Gasteiger partial charge in [-0.15, -0.1) is 0 Å². The molecule has 0 fully saturated rings. The molecular formula is C18H23N3O. The summed E-state index contributed by atoms with van der Waals surface area (Å²) in [5.41, 5.74) is 4.44. The van der Waals surface area contributed by atoms with Gasteiger partial charge >= 0.3 is 0 Å². The maximum atomic E-state index is 12.6. The lowest BCUT2D eigenvalue weighted by Gasteiger charge is -2.30. The second kappa shape index (κ2) is 6.34. The van der Waals surface area contributed by atoms with E-state index in [4.69, 9.17) is 0 Å². The number of carbonyl (C=O) groups excluding carboxylic acids is 1.